The lowest BCUT2D eigenvalue weighted by Gasteiger charge is -2.19. The quantitative estimate of drug-likeness (QED) is 0.0264. The second kappa shape index (κ2) is 63.1. The zero-order valence-electron chi connectivity index (χ0n) is 50.0. The number of carbonyl (C=O) groups excluding carboxylic acids is 2. The minimum atomic E-state index is -4.40. The number of phosphoric ester groups is 1. The molecule has 0 bridgehead atoms. The van der Waals surface area contributed by atoms with Crippen LogP contribution in [0.5, 0.6) is 0 Å². The average molecular weight is 1120 g/mol. The van der Waals surface area contributed by atoms with Crippen LogP contribution in [0.1, 0.15) is 245 Å². The van der Waals surface area contributed by atoms with Gasteiger partial charge in [0, 0.05) is 19.4 Å². The van der Waals surface area contributed by atoms with E-state index in [0.29, 0.717) is 6.42 Å². The Balaban J connectivity index is 4.02. The topological polar surface area (TPSA) is 134 Å². The molecule has 0 aromatic rings. The number of esters is 2. The second-order valence-corrected chi connectivity index (χ2v) is 21.6. The maximum Gasteiger partial charge on any atom is 0.472 e. The van der Waals surface area contributed by atoms with Gasteiger partial charge in [0.15, 0.2) is 6.10 Å². The first kappa shape index (κ1) is 74.9. The molecule has 0 aliphatic carbocycles. The molecule has 0 aliphatic heterocycles. The largest absolute Gasteiger partial charge is 0.472 e. The first-order valence-electron chi connectivity index (χ1n) is 31.3. The molecule has 0 spiro atoms. The molecule has 79 heavy (non-hydrogen) atoms. The summed E-state index contributed by atoms with van der Waals surface area (Å²) in [5, 5.41) is 0. The number of hydrogen-bond acceptors (Lipinski definition) is 8. The van der Waals surface area contributed by atoms with Gasteiger partial charge >= 0.3 is 19.8 Å². The van der Waals surface area contributed by atoms with E-state index in [2.05, 4.69) is 160 Å². The first-order valence-corrected chi connectivity index (χ1v) is 32.8. The van der Waals surface area contributed by atoms with E-state index >= 15 is 0 Å². The first-order chi connectivity index (χ1) is 38.8. The monoisotopic (exact) mass is 1120 g/mol. The molecular formula is C69H114NO8P. The lowest BCUT2D eigenvalue weighted by atomic mass is 10.0. The van der Waals surface area contributed by atoms with Gasteiger partial charge in [0.05, 0.1) is 13.2 Å². The number of rotatable bonds is 57. The van der Waals surface area contributed by atoms with E-state index in [4.69, 9.17) is 24.3 Å². The number of carbonyl (C=O) groups is 2. The molecule has 0 radical (unpaired) electrons. The minimum absolute atomic E-state index is 0.0444. The summed E-state index contributed by atoms with van der Waals surface area (Å²) in [6.45, 7) is 3.50. The molecule has 2 atom stereocenters. The molecule has 0 saturated carbocycles. The Morgan fingerprint density at radius 1 is 0.380 bits per heavy atom. The van der Waals surface area contributed by atoms with E-state index in [9.17, 15) is 19.0 Å². The lowest BCUT2D eigenvalue weighted by Crippen LogP contribution is -2.29. The maximum atomic E-state index is 12.7. The Hall–Kier alpha value is -4.11. The molecule has 0 saturated heterocycles. The third-order valence-electron chi connectivity index (χ3n) is 12.7. The van der Waals surface area contributed by atoms with Crippen molar-refractivity contribution in [1.29, 1.82) is 0 Å². The minimum Gasteiger partial charge on any atom is -0.462 e. The van der Waals surface area contributed by atoms with Crippen LogP contribution in [0.25, 0.3) is 0 Å². The molecule has 9 nitrogen and oxygen atoms in total. The summed E-state index contributed by atoms with van der Waals surface area (Å²) < 4.78 is 33.1. The SMILES string of the molecule is CC/C=C\C/C=C\C/C=C\C/C=C\C/C=C\C/C=C\C/C=C\C/C=C\CCCCCCCCCCC(=O)OC(COC(=O)CCCCCCCCCCCCCC/C=C\C/C=C\C/C=C\C/C=C\CC)COP(=O)(O)OCCN. The van der Waals surface area contributed by atoms with Gasteiger partial charge in [-0.2, -0.15) is 0 Å². The van der Waals surface area contributed by atoms with Crippen molar-refractivity contribution in [2.24, 2.45) is 5.73 Å². The van der Waals surface area contributed by atoms with Crippen molar-refractivity contribution >= 4 is 19.8 Å². The van der Waals surface area contributed by atoms with Crippen molar-refractivity contribution in [3.63, 3.8) is 0 Å². The van der Waals surface area contributed by atoms with Gasteiger partial charge < -0.3 is 20.1 Å². The van der Waals surface area contributed by atoms with E-state index in [1.807, 2.05) is 0 Å². The van der Waals surface area contributed by atoms with Gasteiger partial charge in [-0.15, -0.1) is 0 Å². The molecule has 10 heteroatoms. The number of hydrogen-bond donors (Lipinski definition) is 2. The van der Waals surface area contributed by atoms with Crippen LogP contribution < -0.4 is 5.73 Å². The fourth-order valence-electron chi connectivity index (χ4n) is 8.17. The third-order valence-corrected chi connectivity index (χ3v) is 13.7. The fourth-order valence-corrected chi connectivity index (χ4v) is 8.94. The average Bonchev–Trinajstić information content (AvgIpc) is 3.44. The molecule has 0 fully saturated rings. The van der Waals surface area contributed by atoms with Crippen molar-refractivity contribution in [3.8, 4) is 0 Å². The van der Waals surface area contributed by atoms with Crippen LogP contribution in [0.4, 0.5) is 0 Å². The van der Waals surface area contributed by atoms with Crippen molar-refractivity contribution in [2.75, 3.05) is 26.4 Å². The molecule has 0 rings (SSSR count). The summed E-state index contributed by atoms with van der Waals surface area (Å²) in [5.74, 6) is -0.846. The molecule has 0 amide bonds. The Kier molecular flexibility index (Phi) is 59.8. The Morgan fingerprint density at radius 2 is 0.658 bits per heavy atom. The molecule has 0 aliphatic rings. The van der Waals surface area contributed by atoms with Crippen molar-refractivity contribution in [1.82, 2.24) is 0 Å². The van der Waals surface area contributed by atoms with Gasteiger partial charge in [-0.05, 0) is 116 Å². The number of ether oxygens (including phenoxy) is 2. The Bertz CT molecular complexity index is 1800. The van der Waals surface area contributed by atoms with Gasteiger partial charge in [-0.25, -0.2) is 4.57 Å². The molecule has 0 aromatic carbocycles. The molecule has 2 unspecified atom stereocenters. The van der Waals surface area contributed by atoms with Gasteiger partial charge in [0.1, 0.15) is 6.61 Å². The highest BCUT2D eigenvalue weighted by atomic mass is 31.2. The van der Waals surface area contributed by atoms with Crippen LogP contribution in [0.2, 0.25) is 0 Å². The maximum absolute atomic E-state index is 12.7. The van der Waals surface area contributed by atoms with Crippen LogP contribution >= 0.6 is 7.82 Å². The number of phosphoric acid groups is 1. The van der Waals surface area contributed by atoms with Crippen molar-refractivity contribution in [2.45, 2.75) is 251 Å². The summed E-state index contributed by atoms with van der Waals surface area (Å²) in [5.41, 5.74) is 5.39. The zero-order chi connectivity index (χ0) is 57.3. The van der Waals surface area contributed by atoms with E-state index in [-0.39, 0.29) is 38.6 Å². The molecule has 0 aromatic heterocycles. The zero-order valence-corrected chi connectivity index (χ0v) is 50.9. The molecule has 3 N–H and O–H groups in total. The smallest absolute Gasteiger partial charge is 0.462 e. The predicted octanol–water partition coefficient (Wildman–Crippen LogP) is 20.3. The van der Waals surface area contributed by atoms with Crippen LogP contribution in [0.15, 0.2) is 146 Å². The third kappa shape index (κ3) is 62.9. The Morgan fingerprint density at radius 3 is 0.975 bits per heavy atom. The second-order valence-electron chi connectivity index (χ2n) is 20.2. The highest BCUT2D eigenvalue weighted by Gasteiger charge is 2.26. The van der Waals surface area contributed by atoms with Crippen molar-refractivity contribution in [3.05, 3.63) is 146 Å². The van der Waals surface area contributed by atoms with E-state index in [0.717, 1.165) is 128 Å². The summed E-state index contributed by atoms with van der Waals surface area (Å²) >= 11 is 0. The molecular weight excluding hydrogens is 1000 g/mol. The number of nitrogens with two attached hydrogens (primary N) is 1. The van der Waals surface area contributed by atoms with Crippen molar-refractivity contribution < 1.29 is 37.6 Å². The number of unbranched alkanes of at least 4 members (excludes halogenated alkanes) is 20. The standard InChI is InChI=1S/C69H114NO8P/c1-3-5-7-9-11-13-15-17-19-21-23-25-27-29-30-31-32-33-34-35-36-38-40-42-44-46-48-50-52-54-56-58-60-62-69(72)78-67(66-77-79(73,74)76-64-63-70)65-75-68(71)61-59-57-55-53-51-49-47-45-43-41-39-37-28-26-24-22-20-18-16-14-12-10-8-6-4-2/h5-8,11-14,17-20,23-26,29-30,32-33,35-36,40,42,67H,3-4,9-10,15-16,21-22,27-28,31,34,37-39,41,43-66,70H2,1-2H3,(H,73,74)/b7-5-,8-6-,13-11-,14-12-,19-17-,20-18-,25-23-,26-24-,30-29-,33-32-,36-35-,42-40-. The highest BCUT2D eigenvalue weighted by Crippen LogP contribution is 2.43. The normalized spacial score (nSPS) is 14.0. The van der Waals surface area contributed by atoms with E-state index in [1.165, 1.54) is 83.5 Å². The van der Waals surface area contributed by atoms with Gasteiger partial charge in [0.25, 0.3) is 0 Å². The summed E-state index contributed by atoms with van der Waals surface area (Å²) in [6.07, 6.45) is 90.5. The van der Waals surface area contributed by atoms with Gasteiger partial charge in [-0.1, -0.05) is 262 Å². The highest BCUT2D eigenvalue weighted by molar-refractivity contribution is 7.47. The molecule has 448 valence electrons. The van der Waals surface area contributed by atoms with Gasteiger partial charge in [-0.3, -0.25) is 18.6 Å². The molecule has 0 heterocycles. The van der Waals surface area contributed by atoms with Crippen LogP contribution in [0.3, 0.4) is 0 Å². The van der Waals surface area contributed by atoms with E-state index < -0.39 is 26.5 Å². The van der Waals surface area contributed by atoms with Crippen LogP contribution in [-0.4, -0.2) is 49.3 Å². The number of allylic oxidation sites excluding steroid dienone is 24. The summed E-state index contributed by atoms with van der Waals surface area (Å²) in [6, 6.07) is 0. The van der Waals surface area contributed by atoms with Gasteiger partial charge in [0.2, 0.25) is 0 Å². The van der Waals surface area contributed by atoms with Crippen LogP contribution in [-0.2, 0) is 32.7 Å². The van der Waals surface area contributed by atoms with E-state index in [1.54, 1.807) is 0 Å². The summed E-state index contributed by atoms with van der Waals surface area (Å²) in [7, 11) is -4.40. The summed E-state index contributed by atoms with van der Waals surface area (Å²) in [4.78, 5) is 35.3. The van der Waals surface area contributed by atoms with Crippen LogP contribution in [0, 0.1) is 0 Å². The lowest BCUT2D eigenvalue weighted by molar-refractivity contribution is -0.161. The predicted molar refractivity (Wildman–Crippen MR) is 339 cm³/mol. The Labute approximate surface area is 484 Å². The fraction of sp³-hybridized carbons (Fsp3) is 0.623.